The fourth-order valence-electron chi connectivity index (χ4n) is 2.90. The number of nitrogens with one attached hydrogen (secondary N) is 1. The van der Waals surface area contributed by atoms with Crippen LogP contribution in [0.25, 0.3) is 0 Å². The molecule has 0 spiro atoms. The van der Waals surface area contributed by atoms with Crippen LogP contribution in [0.4, 0.5) is 5.69 Å². The lowest BCUT2D eigenvalue weighted by atomic mass is 9.82. The average Bonchev–Trinajstić information content (AvgIpc) is 2.96. The van der Waals surface area contributed by atoms with Crippen LogP contribution >= 0.6 is 0 Å². The van der Waals surface area contributed by atoms with Crippen molar-refractivity contribution in [1.82, 2.24) is 0 Å². The number of rotatable bonds is 6. The zero-order valence-corrected chi connectivity index (χ0v) is 12.2. The summed E-state index contributed by atoms with van der Waals surface area (Å²) < 4.78 is 5.13. The van der Waals surface area contributed by atoms with Crippen molar-refractivity contribution in [2.45, 2.75) is 32.1 Å². The maximum Gasteiger partial charge on any atom is 0.335 e. The molecule has 2 N–H and O–H groups in total. The number of methoxy groups -OCH3 is 1. The van der Waals surface area contributed by atoms with Gasteiger partial charge in [0.25, 0.3) is 0 Å². The second kappa shape index (κ2) is 6.72. The van der Waals surface area contributed by atoms with Crippen molar-refractivity contribution in [2.75, 3.05) is 19.0 Å². The van der Waals surface area contributed by atoms with E-state index in [1.807, 2.05) is 0 Å². The van der Waals surface area contributed by atoms with Gasteiger partial charge in [-0.2, -0.15) is 0 Å². The molecule has 0 bridgehead atoms. The van der Waals surface area contributed by atoms with Crippen LogP contribution in [-0.4, -0.2) is 30.7 Å². The van der Waals surface area contributed by atoms with Gasteiger partial charge in [-0.1, -0.05) is 12.8 Å². The Hall–Kier alpha value is -1.88. The first-order chi connectivity index (χ1) is 10.1. The number of benzene rings is 1. The summed E-state index contributed by atoms with van der Waals surface area (Å²) in [6, 6.07) is 6.24. The van der Waals surface area contributed by atoms with Gasteiger partial charge in [0.1, 0.15) is 0 Å². The molecule has 1 aromatic rings. The summed E-state index contributed by atoms with van der Waals surface area (Å²) in [4.78, 5) is 23.4. The lowest BCUT2D eigenvalue weighted by molar-refractivity contribution is -0.126. The normalized spacial score (nSPS) is 16.6. The van der Waals surface area contributed by atoms with Crippen molar-refractivity contribution in [1.29, 1.82) is 0 Å². The Balaban J connectivity index is 2.06. The first-order valence-corrected chi connectivity index (χ1v) is 7.21. The SMILES string of the molecule is COCCC1(C(=O)Nc2ccc(C(=O)O)cc2)CCCC1. The highest BCUT2D eigenvalue weighted by molar-refractivity contribution is 5.96. The lowest BCUT2D eigenvalue weighted by Crippen LogP contribution is -2.34. The van der Waals surface area contributed by atoms with Gasteiger partial charge in [0.2, 0.25) is 5.91 Å². The van der Waals surface area contributed by atoms with E-state index in [4.69, 9.17) is 9.84 Å². The van der Waals surface area contributed by atoms with Crippen LogP contribution in [0.1, 0.15) is 42.5 Å². The van der Waals surface area contributed by atoms with E-state index in [9.17, 15) is 9.59 Å². The van der Waals surface area contributed by atoms with Crippen LogP contribution in [-0.2, 0) is 9.53 Å². The summed E-state index contributed by atoms with van der Waals surface area (Å²) in [5.41, 5.74) is 0.498. The van der Waals surface area contributed by atoms with Gasteiger partial charge >= 0.3 is 5.97 Å². The highest BCUT2D eigenvalue weighted by Crippen LogP contribution is 2.42. The molecule has 0 saturated heterocycles. The van der Waals surface area contributed by atoms with Crippen molar-refractivity contribution in [3.05, 3.63) is 29.8 Å². The van der Waals surface area contributed by atoms with Gasteiger partial charge in [-0.25, -0.2) is 4.79 Å². The third kappa shape index (κ3) is 3.61. The molecule has 0 aliphatic heterocycles. The van der Waals surface area contributed by atoms with Crippen molar-refractivity contribution in [3.8, 4) is 0 Å². The molecular weight excluding hydrogens is 270 g/mol. The van der Waals surface area contributed by atoms with Crippen LogP contribution < -0.4 is 5.32 Å². The van der Waals surface area contributed by atoms with Gasteiger partial charge in [-0.05, 0) is 43.5 Å². The predicted molar refractivity (Wildman–Crippen MR) is 79.4 cm³/mol. The number of hydrogen-bond acceptors (Lipinski definition) is 3. The Morgan fingerprint density at radius 1 is 1.24 bits per heavy atom. The summed E-state index contributed by atoms with van der Waals surface area (Å²) in [5.74, 6) is -0.958. The summed E-state index contributed by atoms with van der Waals surface area (Å²) >= 11 is 0. The largest absolute Gasteiger partial charge is 0.478 e. The van der Waals surface area contributed by atoms with Crippen molar-refractivity contribution < 1.29 is 19.4 Å². The maximum atomic E-state index is 12.6. The monoisotopic (exact) mass is 291 g/mol. The molecule has 0 aromatic heterocycles. The molecule has 5 nitrogen and oxygen atoms in total. The molecule has 0 heterocycles. The molecule has 114 valence electrons. The Kier molecular flexibility index (Phi) is 4.96. The smallest absolute Gasteiger partial charge is 0.335 e. The van der Waals surface area contributed by atoms with E-state index in [2.05, 4.69) is 5.32 Å². The molecule has 5 heteroatoms. The fourth-order valence-corrected chi connectivity index (χ4v) is 2.90. The van der Waals surface area contributed by atoms with Crippen molar-refractivity contribution >= 4 is 17.6 Å². The minimum atomic E-state index is -0.972. The first-order valence-electron chi connectivity index (χ1n) is 7.21. The molecule has 1 aromatic carbocycles. The van der Waals surface area contributed by atoms with Crippen molar-refractivity contribution in [3.63, 3.8) is 0 Å². The number of hydrogen-bond donors (Lipinski definition) is 2. The van der Waals surface area contributed by atoms with E-state index in [1.54, 1.807) is 19.2 Å². The van der Waals surface area contributed by atoms with Crippen LogP contribution in [0.3, 0.4) is 0 Å². The Labute approximate surface area is 124 Å². The maximum absolute atomic E-state index is 12.6. The summed E-state index contributed by atoms with van der Waals surface area (Å²) in [5, 5.41) is 11.8. The molecule has 0 unspecified atom stereocenters. The summed E-state index contributed by atoms with van der Waals surface area (Å²) in [6.45, 7) is 0.575. The summed E-state index contributed by atoms with van der Waals surface area (Å²) in [7, 11) is 1.64. The van der Waals surface area contributed by atoms with Gasteiger partial charge in [0.05, 0.1) is 11.0 Å². The molecular formula is C16H21NO4. The molecule has 1 fully saturated rings. The Morgan fingerprint density at radius 3 is 2.38 bits per heavy atom. The molecule has 1 aliphatic rings. The zero-order valence-electron chi connectivity index (χ0n) is 12.2. The molecule has 1 amide bonds. The van der Waals surface area contributed by atoms with Crippen LogP contribution in [0.15, 0.2) is 24.3 Å². The first kappa shape index (κ1) is 15.5. The van der Waals surface area contributed by atoms with Gasteiger partial charge in [0.15, 0.2) is 0 Å². The number of carboxylic acids is 1. The summed E-state index contributed by atoms with van der Waals surface area (Å²) in [6.07, 6.45) is 4.62. The number of carbonyl (C=O) groups excluding carboxylic acids is 1. The second-order valence-electron chi connectivity index (χ2n) is 5.57. The van der Waals surface area contributed by atoms with Gasteiger partial charge < -0.3 is 15.2 Å². The van der Waals surface area contributed by atoms with E-state index >= 15 is 0 Å². The van der Waals surface area contributed by atoms with E-state index in [0.29, 0.717) is 12.3 Å². The standard InChI is InChI=1S/C16H21NO4/c1-21-11-10-16(8-2-3-9-16)15(20)17-13-6-4-12(5-7-13)14(18)19/h4-7H,2-3,8-11H2,1H3,(H,17,20)(H,18,19). The van der Waals surface area contributed by atoms with E-state index in [-0.39, 0.29) is 16.9 Å². The molecule has 0 atom stereocenters. The Bertz CT molecular complexity index is 504. The van der Waals surface area contributed by atoms with E-state index in [1.165, 1.54) is 12.1 Å². The van der Waals surface area contributed by atoms with Crippen LogP contribution in [0.5, 0.6) is 0 Å². The van der Waals surface area contributed by atoms with E-state index < -0.39 is 5.97 Å². The Morgan fingerprint density at radius 2 is 1.86 bits per heavy atom. The van der Waals surface area contributed by atoms with Gasteiger partial charge in [-0.15, -0.1) is 0 Å². The van der Waals surface area contributed by atoms with Gasteiger partial charge in [-0.3, -0.25) is 4.79 Å². The molecule has 21 heavy (non-hydrogen) atoms. The molecule has 2 rings (SSSR count). The molecule has 1 saturated carbocycles. The van der Waals surface area contributed by atoms with Crippen molar-refractivity contribution in [2.24, 2.45) is 5.41 Å². The number of amides is 1. The third-order valence-electron chi connectivity index (χ3n) is 4.22. The van der Waals surface area contributed by atoms with Gasteiger partial charge in [0, 0.05) is 19.4 Å². The predicted octanol–water partition coefficient (Wildman–Crippen LogP) is 2.92. The van der Waals surface area contributed by atoms with E-state index in [0.717, 1.165) is 32.1 Å². The fraction of sp³-hybridized carbons (Fsp3) is 0.500. The molecule has 0 radical (unpaired) electrons. The highest BCUT2D eigenvalue weighted by Gasteiger charge is 2.40. The second-order valence-corrected chi connectivity index (χ2v) is 5.57. The third-order valence-corrected chi connectivity index (χ3v) is 4.22. The number of ether oxygens (including phenoxy) is 1. The number of carbonyl (C=O) groups is 2. The minimum absolute atomic E-state index is 0.0140. The van der Waals surface area contributed by atoms with Crippen LogP contribution in [0.2, 0.25) is 0 Å². The topological polar surface area (TPSA) is 75.6 Å². The minimum Gasteiger partial charge on any atom is -0.478 e. The number of anilines is 1. The number of aromatic carboxylic acids is 1. The van der Waals surface area contributed by atoms with Crippen LogP contribution in [0, 0.1) is 5.41 Å². The molecule has 1 aliphatic carbocycles. The zero-order chi connectivity index (χ0) is 15.3. The average molecular weight is 291 g/mol. The quantitative estimate of drug-likeness (QED) is 0.845. The lowest BCUT2D eigenvalue weighted by Gasteiger charge is -2.27. The number of carboxylic acid groups (broad SMARTS) is 1. The highest BCUT2D eigenvalue weighted by atomic mass is 16.5.